The monoisotopic (exact) mass is 196 g/mol. The molecule has 1 heterocycles. The van der Waals surface area contributed by atoms with Crippen molar-refractivity contribution >= 4 is 11.7 Å². The lowest BCUT2D eigenvalue weighted by Crippen LogP contribution is -2.20. The number of carbonyl (C=O) groups excluding carboxylic acids is 1. The topological polar surface area (TPSA) is 90.1 Å². The van der Waals surface area contributed by atoms with Crippen LogP contribution in [-0.2, 0) is 9.53 Å². The van der Waals surface area contributed by atoms with Crippen molar-refractivity contribution in [3.8, 4) is 0 Å². The Morgan fingerprint density at radius 1 is 1.64 bits per heavy atom. The van der Waals surface area contributed by atoms with Gasteiger partial charge in [0.25, 0.3) is 0 Å². The van der Waals surface area contributed by atoms with Crippen molar-refractivity contribution in [3.05, 3.63) is 18.3 Å². The molecular formula is C8H12N4O2. The lowest BCUT2D eigenvalue weighted by Gasteiger charge is -2.03. The van der Waals surface area contributed by atoms with E-state index in [-0.39, 0.29) is 6.61 Å². The zero-order chi connectivity index (χ0) is 10.2. The standard InChI is InChI=1S/C8H12N4O2/c9-7(13)6-14-5-4-10-8-2-1-3-11-12-8/h1-3H,4-6H2,(H2,9,13)(H,10,12). The van der Waals surface area contributed by atoms with Gasteiger partial charge in [-0.1, -0.05) is 0 Å². The number of nitrogens with two attached hydrogens (primary N) is 1. The minimum absolute atomic E-state index is 0.0534. The Labute approximate surface area is 81.5 Å². The summed E-state index contributed by atoms with van der Waals surface area (Å²) in [4.78, 5) is 10.3. The number of rotatable bonds is 6. The predicted octanol–water partition coefficient (Wildman–Crippen LogP) is -0.610. The van der Waals surface area contributed by atoms with Crippen LogP contribution in [0.2, 0.25) is 0 Å². The minimum atomic E-state index is -0.468. The molecule has 1 amide bonds. The molecule has 6 nitrogen and oxygen atoms in total. The van der Waals surface area contributed by atoms with Crippen LogP contribution in [0, 0.1) is 0 Å². The first-order chi connectivity index (χ1) is 6.79. The molecule has 0 aromatic carbocycles. The smallest absolute Gasteiger partial charge is 0.243 e. The quantitative estimate of drug-likeness (QED) is 0.592. The van der Waals surface area contributed by atoms with Crippen LogP contribution in [0.15, 0.2) is 18.3 Å². The van der Waals surface area contributed by atoms with E-state index in [1.54, 1.807) is 18.3 Å². The van der Waals surface area contributed by atoms with Crippen molar-refractivity contribution in [2.24, 2.45) is 5.73 Å². The molecule has 0 unspecified atom stereocenters. The second kappa shape index (κ2) is 5.87. The molecule has 0 saturated heterocycles. The fourth-order valence-electron chi connectivity index (χ4n) is 0.820. The summed E-state index contributed by atoms with van der Waals surface area (Å²) in [6.07, 6.45) is 1.59. The summed E-state index contributed by atoms with van der Waals surface area (Å²) < 4.78 is 4.93. The molecule has 0 fully saturated rings. The van der Waals surface area contributed by atoms with Crippen LogP contribution in [-0.4, -0.2) is 35.9 Å². The number of nitrogens with one attached hydrogen (secondary N) is 1. The predicted molar refractivity (Wildman–Crippen MR) is 50.5 cm³/mol. The number of hydrogen-bond donors (Lipinski definition) is 2. The Balaban J connectivity index is 2.08. The molecule has 76 valence electrons. The van der Waals surface area contributed by atoms with Gasteiger partial charge in [-0.2, -0.15) is 5.10 Å². The molecule has 0 aliphatic heterocycles. The molecule has 0 saturated carbocycles. The fraction of sp³-hybridized carbons (Fsp3) is 0.375. The van der Waals surface area contributed by atoms with E-state index in [9.17, 15) is 4.79 Å². The highest BCUT2D eigenvalue weighted by Gasteiger charge is 1.94. The van der Waals surface area contributed by atoms with E-state index in [2.05, 4.69) is 15.5 Å². The Bertz CT molecular complexity index is 278. The van der Waals surface area contributed by atoms with E-state index in [0.29, 0.717) is 19.0 Å². The molecule has 0 bridgehead atoms. The largest absolute Gasteiger partial charge is 0.370 e. The summed E-state index contributed by atoms with van der Waals surface area (Å²) in [5, 5.41) is 10.5. The molecular weight excluding hydrogens is 184 g/mol. The van der Waals surface area contributed by atoms with Crippen molar-refractivity contribution in [2.75, 3.05) is 25.1 Å². The van der Waals surface area contributed by atoms with Gasteiger partial charge in [-0.3, -0.25) is 4.79 Å². The summed E-state index contributed by atoms with van der Waals surface area (Å²) in [5.74, 6) is 0.208. The van der Waals surface area contributed by atoms with E-state index in [1.165, 1.54) is 0 Å². The Kier molecular flexibility index (Phi) is 4.36. The first-order valence-electron chi connectivity index (χ1n) is 4.16. The van der Waals surface area contributed by atoms with Crippen LogP contribution in [0.25, 0.3) is 0 Å². The summed E-state index contributed by atoms with van der Waals surface area (Å²) in [6, 6.07) is 3.57. The number of ether oxygens (including phenoxy) is 1. The van der Waals surface area contributed by atoms with E-state index in [1.807, 2.05) is 0 Å². The number of primary amides is 1. The van der Waals surface area contributed by atoms with Crippen molar-refractivity contribution in [1.29, 1.82) is 0 Å². The average molecular weight is 196 g/mol. The maximum Gasteiger partial charge on any atom is 0.243 e. The summed E-state index contributed by atoms with van der Waals surface area (Å²) in [7, 11) is 0. The Morgan fingerprint density at radius 3 is 3.14 bits per heavy atom. The van der Waals surface area contributed by atoms with Gasteiger partial charge in [0, 0.05) is 12.7 Å². The van der Waals surface area contributed by atoms with E-state index in [4.69, 9.17) is 10.5 Å². The molecule has 0 radical (unpaired) electrons. The van der Waals surface area contributed by atoms with E-state index >= 15 is 0 Å². The molecule has 1 aromatic heterocycles. The number of aromatic nitrogens is 2. The van der Waals surface area contributed by atoms with Crippen LogP contribution in [0.3, 0.4) is 0 Å². The molecule has 0 aliphatic rings. The number of nitrogens with zero attached hydrogens (tertiary/aromatic N) is 2. The van der Waals surface area contributed by atoms with Gasteiger partial charge in [0.15, 0.2) is 0 Å². The first kappa shape index (κ1) is 10.4. The molecule has 6 heteroatoms. The van der Waals surface area contributed by atoms with Gasteiger partial charge in [0.1, 0.15) is 12.4 Å². The maximum absolute atomic E-state index is 10.3. The van der Waals surface area contributed by atoms with Crippen LogP contribution < -0.4 is 11.1 Å². The SMILES string of the molecule is NC(=O)COCCNc1cccnn1. The van der Waals surface area contributed by atoms with Gasteiger partial charge >= 0.3 is 0 Å². The Morgan fingerprint density at radius 2 is 2.50 bits per heavy atom. The van der Waals surface area contributed by atoms with Gasteiger partial charge in [-0.05, 0) is 12.1 Å². The molecule has 0 atom stereocenters. The van der Waals surface area contributed by atoms with E-state index < -0.39 is 5.91 Å². The molecule has 3 N–H and O–H groups in total. The number of hydrogen-bond acceptors (Lipinski definition) is 5. The average Bonchev–Trinajstić information content (AvgIpc) is 2.18. The second-order valence-electron chi connectivity index (χ2n) is 2.55. The number of amides is 1. The van der Waals surface area contributed by atoms with Crippen molar-refractivity contribution in [1.82, 2.24) is 10.2 Å². The Hall–Kier alpha value is -1.69. The highest BCUT2D eigenvalue weighted by atomic mass is 16.5. The van der Waals surface area contributed by atoms with Crippen LogP contribution >= 0.6 is 0 Å². The van der Waals surface area contributed by atoms with Crippen molar-refractivity contribution < 1.29 is 9.53 Å². The van der Waals surface area contributed by atoms with Crippen LogP contribution in [0.1, 0.15) is 0 Å². The van der Waals surface area contributed by atoms with E-state index in [0.717, 1.165) is 0 Å². The molecule has 1 aromatic rings. The summed E-state index contributed by atoms with van der Waals surface area (Å²) in [5.41, 5.74) is 4.88. The van der Waals surface area contributed by atoms with Gasteiger partial charge in [0.05, 0.1) is 6.61 Å². The maximum atomic E-state index is 10.3. The minimum Gasteiger partial charge on any atom is -0.370 e. The third-order valence-electron chi connectivity index (χ3n) is 1.37. The zero-order valence-electron chi connectivity index (χ0n) is 7.64. The van der Waals surface area contributed by atoms with Crippen molar-refractivity contribution in [2.45, 2.75) is 0 Å². The molecule has 0 spiro atoms. The highest BCUT2D eigenvalue weighted by Crippen LogP contribution is 1.95. The second-order valence-corrected chi connectivity index (χ2v) is 2.55. The molecule has 0 aliphatic carbocycles. The molecule has 14 heavy (non-hydrogen) atoms. The lowest BCUT2D eigenvalue weighted by atomic mass is 10.5. The highest BCUT2D eigenvalue weighted by molar-refractivity contribution is 5.74. The van der Waals surface area contributed by atoms with Gasteiger partial charge < -0.3 is 15.8 Å². The first-order valence-corrected chi connectivity index (χ1v) is 4.16. The fourth-order valence-corrected chi connectivity index (χ4v) is 0.820. The third kappa shape index (κ3) is 4.36. The number of carbonyl (C=O) groups is 1. The van der Waals surface area contributed by atoms with Crippen LogP contribution in [0.5, 0.6) is 0 Å². The van der Waals surface area contributed by atoms with Crippen molar-refractivity contribution in [3.63, 3.8) is 0 Å². The van der Waals surface area contributed by atoms with Gasteiger partial charge in [0.2, 0.25) is 5.91 Å². The summed E-state index contributed by atoms with van der Waals surface area (Å²) in [6.45, 7) is 0.910. The lowest BCUT2D eigenvalue weighted by molar-refractivity contribution is -0.122. The van der Waals surface area contributed by atoms with Crippen LogP contribution in [0.4, 0.5) is 5.82 Å². The number of anilines is 1. The third-order valence-corrected chi connectivity index (χ3v) is 1.37. The summed E-state index contributed by atoms with van der Waals surface area (Å²) >= 11 is 0. The zero-order valence-corrected chi connectivity index (χ0v) is 7.64. The molecule has 1 rings (SSSR count). The van der Waals surface area contributed by atoms with Gasteiger partial charge in [-0.25, -0.2) is 0 Å². The normalized spacial score (nSPS) is 9.71. The van der Waals surface area contributed by atoms with Gasteiger partial charge in [-0.15, -0.1) is 5.10 Å².